The Morgan fingerprint density at radius 2 is 1.92 bits per heavy atom. The number of halogens is 1. The maximum Gasteiger partial charge on any atom is 0.258 e. The fourth-order valence-electron chi connectivity index (χ4n) is 2.63. The van der Waals surface area contributed by atoms with Gasteiger partial charge in [-0.1, -0.05) is 30.7 Å². The van der Waals surface area contributed by atoms with Gasteiger partial charge in [-0.2, -0.15) is 0 Å². The van der Waals surface area contributed by atoms with Gasteiger partial charge in [0.25, 0.3) is 5.91 Å². The minimum atomic E-state index is -0.159. The van der Waals surface area contributed by atoms with Crippen molar-refractivity contribution in [3.8, 4) is 11.5 Å². The standard InChI is InChI=1S/C20H24ClNO3/c1-5-18(15-6-9-19(24-4)14(3)10-15)22-20(23)12-25-16-7-8-17(21)13(2)11-16/h6-11,18H,5,12H2,1-4H3,(H,22,23). The zero-order valence-corrected chi connectivity index (χ0v) is 15.8. The molecule has 4 nitrogen and oxygen atoms in total. The van der Waals surface area contributed by atoms with Gasteiger partial charge < -0.3 is 14.8 Å². The van der Waals surface area contributed by atoms with Gasteiger partial charge in [0, 0.05) is 5.02 Å². The second-order valence-electron chi connectivity index (χ2n) is 5.96. The third kappa shape index (κ3) is 5.13. The summed E-state index contributed by atoms with van der Waals surface area (Å²) in [6.07, 6.45) is 0.789. The van der Waals surface area contributed by atoms with Gasteiger partial charge in [-0.25, -0.2) is 0 Å². The van der Waals surface area contributed by atoms with Crippen LogP contribution in [0.3, 0.4) is 0 Å². The summed E-state index contributed by atoms with van der Waals surface area (Å²) in [6.45, 7) is 5.89. The highest BCUT2D eigenvalue weighted by atomic mass is 35.5. The molecule has 2 rings (SSSR count). The number of hydrogen-bond donors (Lipinski definition) is 1. The van der Waals surface area contributed by atoms with Crippen LogP contribution in [-0.4, -0.2) is 19.6 Å². The van der Waals surface area contributed by atoms with Crippen LogP contribution in [-0.2, 0) is 4.79 Å². The van der Waals surface area contributed by atoms with Crippen molar-refractivity contribution in [1.82, 2.24) is 5.32 Å². The van der Waals surface area contributed by atoms with Gasteiger partial charge in [-0.3, -0.25) is 4.79 Å². The highest BCUT2D eigenvalue weighted by Gasteiger charge is 2.14. The largest absolute Gasteiger partial charge is 0.496 e. The molecule has 1 amide bonds. The van der Waals surface area contributed by atoms with Gasteiger partial charge in [-0.15, -0.1) is 0 Å². The zero-order valence-electron chi connectivity index (χ0n) is 15.1. The van der Waals surface area contributed by atoms with E-state index in [1.807, 2.05) is 45.0 Å². The van der Waals surface area contributed by atoms with E-state index in [0.29, 0.717) is 10.8 Å². The zero-order chi connectivity index (χ0) is 18.4. The smallest absolute Gasteiger partial charge is 0.258 e. The molecule has 1 N–H and O–H groups in total. The minimum absolute atomic E-state index is 0.0350. The van der Waals surface area contributed by atoms with Gasteiger partial charge in [0.2, 0.25) is 0 Å². The molecule has 1 unspecified atom stereocenters. The summed E-state index contributed by atoms with van der Waals surface area (Å²) in [4.78, 5) is 12.2. The van der Waals surface area contributed by atoms with E-state index in [4.69, 9.17) is 21.1 Å². The third-order valence-electron chi connectivity index (χ3n) is 4.06. The molecule has 0 spiro atoms. The molecule has 5 heteroatoms. The number of aryl methyl sites for hydroxylation is 2. The predicted molar refractivity (Wildman–Crippen MR) is 101 cm³/mol. The number of hydrogen-bond acceptors (Lipinski definition) is 3. The Kier molecular flexibility index (Phi) is 6.71. The quantitative estimate of drug-likeness (QED) is 0.783. The number of ether oxygens (including phenoxy) is 2. The van der Waals surface area contributed by atoms with Crippen LogP contribution < -0.4 is 14.8 Å². The van der Waals surface area contributed by atoms with Crippen LogP contribution in [0.5, 0.6) is 11.5 Å². The highest BCUT2D eigenvalue weighted by molar-refractivity contribution is 6.31. The number of methoxy groups -OCH3 is 1. The van der Waals surface area contributed by atoms with Gasteiger partial charge >= 0.3 is 0 Å². The molecule has 2 aromatic rings. The SMILES string of the molecule is CCC(NC(=O)COc1ccc(Cl)c(C)c1)c1ccc(OC)c(C)c1. The summed E-state index contributed by atoms with van der Waals surface area (Å²) in [5.74, 6) is 1.31. The number of carbonyl (C=O) groups excluding carboxylic acids is 1. The average molecular weight is 362 g/mol. The molecule has 0 heterocycles. The second-order valence-corrected chi connectivity index (χ2v) is 6.36. The van der Waals surface area contributed by atoms with Crippen molar-refractivity contribution in [3.63, 3.8) is 0 Å². The second kappa shape index (κ2) is 8.77. The van der Waals surface area contributed by atoms with E-state index < -0.39 is 0 Å². The average Bonchev–Trinajstić information content (AvgIpc) is 2.60. The summed E-state index contributed by atoms with van der Waals surface area (Å²) < 4.78 is 10.8. The number of rotatable bonds is 7. The molecule has 0 aromatic heterocycles. The molecule has 25 heavy (non-hydrogen) atoms. The highest BCUT2D eigenvalue weighted by Crippen LogP contribution is 2.24. The Balaban J connectivity index is 1.97. The van der Waals surface area contributed by atoms with E-state index in [0.717, 1.165) is 28.9 Å². The molecule has 0 aliphatic rings. The predicted octanol–water partition coefficient (Wildman–Crippen LogP) is 4.61. The monoisotopic (exact) mass is 361 g/mol. The number of amides is 1. The molecular weight excluding hydrogens is 338 g/mol. The summed E-state index contributed by atoms with van der Waals surface area (Å²) in [6, 6.07) is 11.2. The normalized spacial score (nSPS) is 11.7. The van der Waals surface area contributed by atoms with E-state index in [9.17, 15) is 4.79 Å². The Morgan fingerprint density at radius 1 is 1.16 bits per heavy atom. The molecule has 0 radical (unpaired) electrons. The molecule has 134 valence electrons. The summed E-state index contributed by atoms with van der Waals surface area (Å²) in [5.41, 5.74) is 3.01. The van der Waals surface area contributed by atoms with Crippen molar-refractivity contribution < 1.29 is 14.3 Å². The van der Waals surface area contributed by atoms with Crippen LogP contribution in [0.25, 0.3) is 0 Å². The van der Waals surface area contributed by atoms with Crippen molar-refractivity contribution >= 4 is 17.5 Å². The molecular formula is C20H24ClNO3. The Hall–Kier alpha value is -2.20. The first-order valence-corrected chi connectivity index (χ1v) is 8.65. The van der Waals surface area contributed by atoms with Crippen LogP contribution in [0.2, 0.25) is 5.02 Å². The van der Waals surface area contributed by atoms with Gasteiger partial charge in [0.15, 0.2) is 6.61 Å². The maximum atomic E-state index is 12.2. The van der Waals surface area contributed by atoms with E-state index in [1.54, 1.807) is 19.2 Å². The summed E-state index contributed by atoms with van der Waals surface area (Å²) in [7, 11) is 1.65. The first kappa shape index (κ1) is 19.1. The van der Waals surface area contributed by atoms with Crippen molar-refractivity contribution in [2.24, 2.45) is 0 Å². The molecule has 0 aliphatic carbocycles. The van der Waals surface area contributed by atoms with E-state index in [2.05, 4.69) is 5.32 Å². The van der Waals surface area contributed by atoms with Gasteiger partial charge in [-0.05, 0) is 61.2 Å². The van der Waals surface area contributed by atoms with Crippen LogP contribution >= 0.6 is 11.6 Å². The van der Waals surface area contributed by atoms with Crippen molar-refractivity contribution in [2.75, 3.05) is 13.7 Å². The van der Waals surface area contributed by atoms with E-state index >= 15 is 0 Å². The van der Waals surface area contributed by atoms with Gasteiger partial charge in [0.05, 0.1) is 13.2 Å². The lowest BCUT2D eigenvalue weighted by Gasteiger charge is -2.19. The molecule has 1 atom stereocenters. The van der Waals surface area contributed by atoms with Crippen LogP contribution in [0.15, 0.2) is 36.4 Å². The fraction of sp³-hybridized carbons (Fsp3) is 0.350. The first-order valence-electron chi connectivity index (χ1n) is 8.27. The lowest BCUT2D eigenvalue weighted by Crippen LogP contribution is -2.32. The lowest BCUT2D eigenvalue weighted by atomic mass is 10.0. The number of benzene rings is 2. The fourth-order valence-corrected chi connectivity index (χ4v) is 2.75. The topological polar surface area (TPSA) is 47.6 Å². The third-order valence-corrected chi connectivity index (χ3v) is 4.49. The molecule has 0 saturated heterocycles. The number of carbonyl (C=O) groups is 1. The van der Waals surface area contributed by atoms with Crippen molar-refractivity contribution in [1.29, 1.82) is 0 Å². The van der Waals surface area contributed by atoms with Gasteiger partial charge in [0.1, 0.15) is 11.5 Å². The molecule has 0 fully saturated rings. The van der Waals surface area contributed by atoms with Crippen LogP contribution in [0.1, 0.15) is 36.1 Å². The number of nitrogens with one attached hydrogen (secondary N) is 1. The van der Waals surface area contributed by atoms with Crippen LogP contribution in [0.4, 0.5) is 0 Å². The maximum absolute atomic E-state index is 12.2. The van der Waals surface area contributed by atoms with E-state index in [-0.39, 0.29) is 18.6 Å². The lowest BCUT2D eigenvalue weighted by molar-refractivity contribution is -0.123. The first-order chi connectivity index (χ1) is 11.9. The van der Waals surface area contributed by atoms with Crippen LogP contribution in [0, 0.1) is 13.8 Å². The Labute approximate surface area is 154 Å². The molecule has 0 bridgehead atoms. The molecule has 2 aromatic carbocycles. The molecule has 0 saturated carbocycles. The summed E-state index contributed by atoms with van der Waals surface area (Å²) in [5, 5.41) is 3.69. The summed E-state index contributed by atoms with van der Waals surface area (Å²) >= 11 is 5.99. The molecule has 0 aliphatic heterocycles. The van der Waals surface area contributed by atoms with Crippen molar-refractivity contribution in [3.05, 3.63) is 58.1 Å². The Bertz CT molecular complexity index is 746. The minimum Gasteiger partial charge on any atom is -0.496 e. The van der Waals surface area contributed by atoms with E-state index in [1.165, 1.54) is 0 Å². The Morgan fingerprint density at radius 3 is 2.52 bits per heavy atom. The van der Waals surface area contributed by atoms with Crippen molar-refractivity contribution in [2.45, 2.75) is 33.2 Å².